The molecule has 1 aromatic carbocycles. The summed E-state index contributed by atoms with van der Waals surface area (Å²) in [5.74, 6) is 1.08. The summed E-state index contributed by atoms with van der Waals surface area (Å²) in [5, 5.41) is 20.9. The predicted molar refractivity (Wildman–Crippen MR) is 134 cm³/mol. The average Bonchev–Trinajstić information content (AvgIpc) is 3.36. The van der Waals surface area contributed by atoms with E-state index in [0.29, 0.717) is 62.0 Å². The molecule has 3 atom stereocenters. The summed E-state index contributed by atoms with van der Waals surface area (Å²) in [6.07, 6.45) is 2.38. The van der Waals surface area contributed by atoms with E-state index in [1.807, 2.05) is 20.0 Å². The molecule has 12 nitrogen and oxygen atoms in total. The molecule has 0 radical (unpaired) electrons. The van der Waals surface area contributed by atoms with E-state index in [2.05, 4.69) is 15.6 Å². The van der Waals surface area contributed by atoms with Crippen LogP contribution in [0.3, 0.4) is 0 Å². The van der Waals surface area contributed by atoms with Crippen LogP contribution in [0.4, 0.5) is 10.5 Å². The Morgan fingerprint density at radius 2 is 2.08 bits per heavy atom. The predicted octanol–water partition coefficient (Wildman–Crippen LogP) is 1.74. The van der Waals surface area contributed by atoms with Crippen LogP contribution in [0, 0.1) is 5.92 Å². The summed E-state index contributed by atoms with van der Waals surface area (Å²) in [6.45, 7) is 6.12. The Bertz CT molecular complexity index is 1080. The van der Waals surface area contributed by atoms with Crippen molar-refractivity contribution in [1.29, 1.82) is 0 Å². The van der Waals surface area contributed by atoms with E-state index in [-0.39, 0.29) is 43.7 Å². The van der Waals surface area contributed by atoms with Crippen molar-refractivity contribution in [3.8, 4) is 11.5 Å². The molecule has 37 heavy (non-hydrogen) atoms. The van der Waals surface area contributed by atoms with Crippen molar-refractivity contribution >= 4 is 17.6 Å². The molecule has 2 aliphatic heterocycles. The second-order valence-electron chi connectivity index (χ2n) is 9.65. The van der Waals surface area contributed by atoms with E-state index in [9.17, 15) is 14.7 Å². The first-order chi connectivity index (χ1) is 17.8. The van der Waals surface area contributed by atoms with Gasteiger partial charge in [-0.15, -0.1) is 5.10 Å². The normalized spacial score (nSPS) is 21.3. The lowest BCUT2D eigenvalue weighted by molar-refractivity contribution is -0.136. The van der Waals surface area contributed by atoms with Gasteiger partial charge in [0.15, 0.2) is 11.5 Å². The number of urea groups is 1. The number of fused-ring (bicyclic) bond motifs is 3. The molecule has 1 aromatic heterocycles. The maximum atomic E-state index is 13.0. The van der Waals surface area contributed by atoms with E-state index in [1.54, 1.807) is 39.7 Å². The van der Waals surface area contributed by atoms with Crippen molar-refractivity contribution in [2.45, 2.75) is 52.0 Å². The maximum absolute atomic E-state index is 13.0. The Morgan fingerprint density at radius 3 is 2.86 bits per heavy atom. The van der Waals surface area contributed by atoms with Gasteiger partial charge in [-0.05, 0) is 25.5 Å². The van der Waals surface area contributed by atoms with Crippen molar-refractivity contribution in [3.63, 3.8) is 0 Å². The number of rotatable bonds is 5. The van der Waals surface area contributed by atoms with Gasteiger partial charge in [-0.1, -0.05) is 12.1 Å². The van der Waals surface area contributed by atoms with Crippen LogP contribution in [-0.2, 0) is 22.7 Å². The third-order valence-corrected chi connectivity index (χ3v) is 6.64. The van der Waals surface area contributed by atoms with Crippen LogP contribution < -0.4 is 14.8 Å². The Hall–Kier alpha value is -3.38. The average molecular weight is 517 g/mol. The van der Waals surface area contributed by atoms with Gasteiger partial charge in [-0.25, -0.2) is 4.79 Å². The third kappa shape index (κ3) is 6.89. The molecule has 202 valence electrons. The summed E-state index contributed by atoms with van der Waals surface area (Å²) >= 11 is 0. The number of aryl methyl sites for hydroxylation is 1. The number of aliphatic hydroxyl groups excluding tert-OH is 1. The molecular weight excluding hydrogens is 480 g/mol. The standard InChI is InChI=1S/C25H36N6O6/c1-17-12-31(18(2)15-32)24(33)5-4-8-30-13-20(27-28-30)16-37-23(17)14-29(3)25(34)26-19-6-7-21-22(11-19)36-10-9-35-21/h6-7,11,13,17-18,23,32H,4-5,8-10,12,14-16H2,1-3H3,(H,26,34)/t17-,18+,23+/m0/s1. The maximum Gasteiger partial charge on any atom is 0.321 e. The van der Waals surface area contributed by atoms with E-state index < -0.39 is 6.10 Å². The second kappa shape index (κ2) is 12.2. The van der Waals surface area contributed by atoms with Gasteiger partial charge in [-0.2, -0.15) is 0 Å². The zero-order valence-corrected chi connectivity index (χ0v) is 21.6. The Labute approximate surface area is 216 Å². The fraction of sp³-hybridized carbons (Fsp3) is 0.600. The van der Waals surface area contributed by atoms with Gasteiger partial charge in [0.05, 0.1) is 31.6 Å². The minimum Gasteiger partial charge on any atom is -0.486 e. The number of aliphatic hydroxyl groups is 1. The van der Waals surface area contributed by atoms with Crippen molar-refractivity contribution in [2.75, 3.05) is 45.3 Å². The first-order valence-corrected chi connectivity index (χ1v) is 12.7. The first-order valence-electron chi connectivity index (χ1n) is 12.7. The number of nitrogens with one attached hydrogen (secondary N) is 1. The van der Waals surface area contributed by atoms with Gasteiger partial charge < -0.3 is 34.4 Å². The molecular formula is C25H36N6O6. The van der Waals surface area contributed by atoms with Crippen LogP contribution >= 0.6 is 0 Å². The number of aromatic nitrogens is 3. The van der Waals surface area contributed by atoms with E-state index in [1.165, 1.54) is 0 Å². The molecule has 2 N–H and O–H groups in total. The highest BCUT2D eigenvalue weighted by Gasteiger charge is 2.29. The number of anilines is 1. The Balaban J connectivity index is 1.46. The molecule has 2 bridgehead atoms. The minimum atomic E-state index is -0.400. The molecule has 12 heteroatoms. The molecule has 0 unspecified atom stereocenters. The number of carbonyl (C=O) groups excluding carboxylic acids is 2. The van der Waals surface area contributed by atoms with Crippen LogP contribution in [0.1, 0.15) is 32.4 Å². The number of hydrogen-bond donors (Lipinski definition) is 2. The van der Waals surface area contributed by atoms with E-state index >= 15 is 0 Å². The van der Waals surface area contributed by atoms with Crippen molar-refractivity contribution in [1.82, 2.24) is 24.8 Å². The zero-order chi connectivity index (χ0) is 26.4. The molecule has 3 heterocycles. The number of hydrogen-bond acceptors (Lipinski definition) is 8. The van der Waals surface area contributed by atoms with Crippen LogP contribution in [0.2, 0.25) is 0 Å². The summed E-state index contributed by atoms with van der Waals surface area (Å²) in [5.41, 5.74) is 1.28. The second-order valence-corrected chi connectivity index (χ2v) is 9.65. The van der Waals surface area contributed by atoms with Gasteiger partial charge in [0.1, 0.15) is 18.9 Å². The lowest BCUT2D eigenvalue weighted by atomic mass is 10.0. The number of ether oxygens (including phenoxy) is 3. The molecule has 0 aliphatic carbocycles. The fourth-order valence-electron chi connectivity index (χ4n) is 4.39. The molecule has 0 spiro atoms. The monoisotopic (exact) mass is 516 g/mol. The lowest BCUT2D eigenvalue weighted by Crippen LogP contribution is -2.48. The Kier molecular flexibility index (Phi) is 8.82. The van der Waals surface area contributed by atoms with Gasteiger partial charge in [0, 0.05) is 50.8 Å². The molecule has 4 rings (SSSR count). The van der Waals surface area contributed by atoms with Crippen LogP contribution in [0.5, 0.6) is 11.5 Å². The van der Waals surface area contributed by atoms with Crippen LogP contribution in [0.25, 0.3) is 0 Å². The molecule has 0 fully saturated rings. The lowest BCUT2D eigenvalue weighted by Gasteiger charge is -2.35. The van der Waals surface area contributed by atoms with Crippen molar-refractivity contribution in [2.24, 2.45) is 5.92 Å². The zero-order valence-electron chi connectivity index (χ0n) is 21.6. The highest BCUT2D eigenvalue weighted by Crippen LogP contribution is 2.32. The van der Waals surface area contributed by atoms with E-state index in [4.69, 9.17) is 14.2 Å². The Morgan fingerprint density at radius 1 is 1.30 bits per heavy atom. The summed E-state index contributed by atoms with van der Waals surface area (Å²) in [6, 6.07) is 4.64. The van der Waals surface area contributed by atoms with Crippen LogP contribution in [0.15, 0.2) is 24.4 Å². The van der Waals surface area contributed by atoms with Crippen molar-refractivity contribution in [3.05, 3.63) is 30.1 Å². The summed E-state index contributed by atoms with van der Waals surface area (Å²) in [4.78, 5) is 29.3. The number of nitrogens with zero attached hydrogens (tertiary/aromatic N) is 5. The van der Waals surface area contributed by atoms with Gasteiger partial charge in [0.2, 0.25) is 5.91 Å². The molecule has 2 aromatic rings. The molecule has 3 amide bonds. The molecule has 0 saturated carbocycles. The SMILES string of the molecule is C[C@H](CO)N1C[C@H](C)[C@@H](CN(C)C(=O)Nc2ccc3c(c2)OCCO3)OCc2cn(nn2)CCCC1=O. The summed E-state index contributed by atoms with van der Waals surface area (Å²) < 4.78 is 19.1. The fourth-order valence-corrected chi connectivity index (χ4v) is 4.39. The largest absolute Gasteiger partial charge is 0.486 e. The first kappa shape index (κ1) is 26.7. The highest BCUT2D eigenvalue weighted by atomic mass is 16.6. The quantitative estimate of drug-likeness (QED) is 0.614. The number of amides is 3. The van der Waals surface area contributed by atoms with Crippen LogP contribution in [-0.4, -0.2) is 93.9 Å². The summed E-state index contributed by atoms with van der Waals surface area (Å²) in [7, 11) is 1.69. The minimum absolute atomic E-state index is 0.0311. The molecule has 2 aliphatic rings. The van der Waals surface area contributed by atoms with Gasteiger partial charge in [-0.3, -0.25) is 9.48 Å². The number of benzene rings is 1. The number of likely N-dealkylation sites (N-methyl/N-ethyl adjacent to an activating group) is 1. The van der Waals surface area contributed by atoms with Gasteiger partial charge in [0.25, 0.3) is 0 Å². The topological polar surface area (TPSA) is 131 Å². The smallest absolute Gasteiger partial charge is 0.321 e. The van der Waals surface area contributed by atoms with Crippen molar-refractivity contribution < 1.29 is 28.9 Å². The third-order valence-electron chi connectivity index (χ3n) is 6.64. The van der Waals surface area contributed by atoms with Gasteiger partial charge >= 0.3 is 6.03 Å². The highest BCUT2D eigenvalue weighted by molar-refractivity contribution is 5.89. The molecule has 0 saturated heterocycles. The van der Waals surface area contributed by atoms with E-state index in [0.717, 1.165) is 0 Å². The number of carbonyl (C=O) groups is 2.